The highest BCUT2D eigenvalue weighted by Crippen LogP contribution is 2.42. The molecule has 0 bridgehead atoms. The summed E-state index contributed by atoms with van der Waals surface area (Å²) in [5, 5.41) is 19.8. The molecule has 0 saturated carbocycles. The van der Waals surface area contributed by atoms with Crippen LogP contribution in [0.1, 0.15) is 41.7 Å². The van der Waals surface area contributed by atoms with Crippen LogP contribution in [0, 0.1) is 5.41 Å². The number of pyridine rings is 1. The van der Waals surface area contributed by atoms with E-state index >= 15 is 0 Å². The van der Waals surface area contributed by atoms with Crippen LogP contribution in [0.3, 0.4) is 0 Å². The van der Waals surface area contributed by atoms with Gasteiger partial charge in [-0.1, -0.05) is 12.1 Å². The first-order valence-electron chi connectivity index (χ1n) is 15.0. The molecule has 43 heavy (non-hydrogen) atoms. The van der Waals surface area contributed by atoms with Gasteiger partial charge >= 0.3 is 0 Å². The minimum atomic E-state index is -1.12. The minimum Gasteiger partial charge on any atom is -0.379 e. The van der Waals surface area contributed by atoms with Gasteiger partial charge in [-0.3, -0.25) is 4.79 Å². The monoisotopic (exact) mass is 584 g/mol. The predicted octanol–water partition coefficient (Wildman–Crippen LogP) is 3.80. The summed E-state index contributed by atoms with van der Waals surface area (Å²) >= 11 is 0. The third-order valence-corrected chi connectivity index (χ3v) is 8.95. The third kappa shape index (κ3) is 6.48. The fourth-order valence-corrected chi connectivity index (χ4v) is 6.01. The van der Waals surface area contributed by atoms with E-state index in [1.165, 1.54) is 50.7 Å². The first kappa shape index (κ1) is 29.0. The molecule has 1 aromatic carbocycles. The number of anilines is 5. The Kier molecular flexibility index (Phi) is 8.29. The van der Waals surface area contributed by atoms with Crippen LogP contribution in [0.15, 0.2) is 61.3 Å². The molecule has 0 radical (unpaired) electrons. The maximum absolute atomic E-state index is 12.9. The summed E-state index contributed by atoms with van der Waals surface area (Å²) in [6.45, 7) is 8.94. The summed E-state index contributed by atoms with van der Waals surface area (Å²) < 4.78 is 5.18. The number of likely N-dealkylation sites (tertiary alicyclic amines) is 1. The second-order valence-electron chi connectivity index (χ2n) is 12.0. The lowest BCUT2D eigenvalue weighted by molar-refractivity contribution is -0.186. The average molecular weight is 585 g/mol. The fraction of sp³-hybridized carbons (Fsp3) is 0.438. The average Bonchev–Trinajstić information content (AvgIpc) is 3.01. The fourth-order valence-electron chi connectivity index (χ4n) is 6.01. The van der Waals surface area contributed by atoms with Gasteiger partial charge in [0.2, 0.25) is 5.95 Å². The summed E-state index contributed by atoms with van der Waals surface area (Å²) in [6.07, 6.45) is 8.21. The number of carbonyl (C=O) groups excluding carboxylic acids is 1. The van der Waals surface area contributed by atoms with E-state index in [9.17, 15) is 9.90 Å². The summed E-state index contributed by atoms with van der Waals surface area (Å²) in [6, 6.07) is 13.6. The number of carbonyl (C=O) groups is 1. The predicted molar refractivity (Wildman–Crippen MR) is 167 cm³/mol. The van der Waals surface area contributed by atoms with E-state index in [1.807, 2.05) is 12.1 Å². The number of hydrogen-bond acceptors (Lipinski definition) is 10. The molecule has 4 N–H and O–H groups in total. The molecule has 3 aliphatic rings. The molecule has 3 saturated heterocycles. The van der Waals surface area contributed by atoms with Gasteiger partial charge in [-0.15, -0.1) is 6.58 Å². The van der Waals surface area contributed by atoms with Gasteiger partial charge in [0, 0.05) is 37.2 Å². The van der Waals surface area contributed by atoms with Crippen molar-refractivity contribution in [2.24, 2.45) is 5.41 Å². The molecule has 1 amide bonds. The van der Waals surface area contributed by atoms with E-state index in [1.54, 1.807) is 24.3 Å². The molecule has 3 aromatic rings. The lowest BCUT2D eigenvalue weighted by Crippen LogP contribution is -2.47. The number of amides is 1. The SMILES string of the molecule is C=CCNC(=O)c1cnc(Nc2ccc(N3CCC4(CCN(C)CC4)CC3)cc2)nc1Nc1cccc(C2(O)COC2)n1. The van der Waals surface area contributed by atoms with Crippen molar-refractivity contribution in [3.63, 3.8) is 0 Å². The molecule has 226 valence electrons. The Balaban J connectivity index is 1.15. The van der Waals surface area contributed by atoms with E-state index in [0.29, 0.717) is 29.4 Å². The first-order chi connectivity index (χ1) is 20.8. The van der Waals surface area contributed by atoms with Gasteiger partial charge in [-0.2, -0.15) is 4.98 Å². The highest BCUT2D eigenvalue weighted by atomic mass is 16.5. The molecule has 0 unspecified atom stereocenters. The van der Waals surface area contributed by atoms with Crippen LogP contribution in [0.25, 0.3) is 0 Å². The maximum atomic E-state index is 12.9. The number of nitrogens with zero attached hydrogens (tertiary/aromatic N) is 5. The Bertz CT molecular complexity index is 1440. The Morgan fingerprint density at radius 2 is 1.74 bits per heavy atom. The van der Waals surface area contributed by atoms with Crippen molar-refractivity contribution in [1.82, 2.24) is 25.2 Å². The minimum absolute atomic E-state index is 0.190. The van der Waals surface area contributed by atoms with Crippen molar-refractivity contribution in [2.45, 2.75) is 31.3 Å². The third-order valence-electron chi connectivity index (χ3n) is 8.95. The van der Waals surface area contributed by atoms with E-state index in [2.05, 4.69) is 66.5 Å². The van der Waals surface area contributed by atoms with Crippen LogP contribution in [0.2, 0.25) is 0 Å². The zero-order valence-corrected chi connectivity index (χ0v) is 24.7. The molecule has 5 heterocycles. The van der Waals surface area contributed by atoms with E-state index < -0.39 is 5.60 Å². The van der Waals surface area contributed by atoms with Gasteiger partial charge in [0.25, 0.3) is 5.91 Å². The number of benzene rings is 1. The van der Waals surface area contributed by atoms with Gasteiger partial charge in [-0.25, -0.2) is 9.97 Å². The summed E-state index contributed by atoms with van der Waals surface area (Å²) in [5.41, 5.74) is 2.21. The van der Waals surface area contributed by atoms with Gasteiger partial charge in [0.15, 0.2) is 5.60 Å². The Morgan fingerprint density at radius 3 is 2.42 bits per heavy atom. The Labute approximate surface area is 252 Å². The van der Waals surface area contributed by atoms with Crippen molar-refractivity contribution in [3.05, 3.63) is 72.6 Å². The van der Waals surface area contributed by atoms with Crippen LogP contribution < -0.4 is 20.9 Å². The van der Waals surface area contributed by atoms with Crippen LogP contribution in [-0.2, 0) is 10.3 Å². The van der Waals surface area contributed by atoms with Crippen molar-refractivity contribution >= 4 is 34.9 Å². The lowest BCUT2D eigenvalue weighted by atomic mass is 9.71. The van der Waals surface area contributed by atoms with E-state index in [4.69, 9.17) is 4.74 Å². The van der Waals surface area contributed by atoms with Gasteiger partial charge in [-0.05, 0) is 87.6 Å². The molecule has 0 aliphatic carbocycles. The summed E-state index contributed by atoms with van der Waals surface area (Å²) in [4.78, 5) is 31.4. The summed E-state index contributed by atoms with van der Waals surface area (Å²) in [7, 11) is 2.23. The summed E-state index contributed by atoms with van der Waals surface area (Å²) in [5.74, 6) is 0.713. The normalized spacial score (nSPS) is 19.3. The largest absolute Gasteiger partial charge is 0.379 e. The standard InChI is InChI=1S/C32H40N8O3/c1-3-15-33-29(41)25-20-34-30(38-28(25)37-27-6-4-5-26(36-27)32(42)21-43-22-32)35-23-7-9-24(10-8-23)40-18-13-31(14-19-40)11-16-39(2)17-12-31/h3-10,20,42H,1,11-19,21-22H2,2H3,(H,33,41)(H2,34,35,36,37,38). The Hall–Kier alpha value is -4.06. The van der Waals surface area contributed by atoms with Crippen LogP contribution in [0.4, 0.5) is 29.0 Å². The number of nitrogens with one attached hydrogen (secondary N) is 3. The number of aliphatic hydroxyl groups is 1. The quantitative estimate of drug-likeness (QED) is 0.276. The molecule has 3 fully saturated rings. The maximum Gasteiger partial charge on any atom is 0.256 e. The van der Waals surface area contributed by atoms with Gasteiger partial charge in [0.05, 0.1) is 18.9 Å². The molecule has 11 heteroatoms. The van der Waals surface area contributed by atoms with Crippen molar-refractivity contribution in [2.75, 3.05) is 68.5 Å². The van der Waals surface area contributed by atoms with Gasteiger partial charge < -0.3 is 35.6 Å². The van der Waals surface area contributed by atoms with Crippen molar-refractivity contribution in [3.8, 4) is 0 Å². The molecule has 0 atom stereocenters. The van der Waals surface area contributed by atoms with Crippen LogP contribution >= 0.6 is 0 Å². The molecule has 2 aromatic heterocycles. The zero-order chi connectivity index (χ0) is 29.9. The van der Waals surface area contributed by atoms with E-state index in [-0.39, 0.29) is 30.5 Å². The second kappa shape index (κ2) is 12.3. The molecule has 1 spiro atoms. The Morgan fingerprint density at radius 1 is 1.02 bits per heavy atom. The highest BCUT2D eigenvalue weighted by Gasteiger charge is 2.39. The number of piperidine rings is 2. The topological polar surface area (TPSA) is 128 Å². The molecule has 11 nitrogen and oxygen atoms in total. The number of aromatic nitrogens is 3. The van der Waals surface area contributed by atoms with Gasteiger partial charge in [0.1, 0.15) is 17.2 Å². The molecular weight excluding hydrogens is 544 g/mol. The van der Waals surface area contributed by atoms with Crippen molar-refractivity contribution in [1.29, 1.82) is 0 Å². The van der Waals surface area contributed by atoms with E-state index in [0.717, 1.165) is 18.8 Å². The first-order valence-corrected chi connectivity index (χ1v) is 15.0. The smallest absolute Gasteiger partial charge is 0.256 e. The number of hydrogen-bond donors (Lipinski definition) is 4. The van der Waals surface area contributed by atoms with Crippen molar-refractivity contribution < 1.29 is 14.6 Å². The molecular formula is C32H40N8O3. The number of rotatable bonds is 9. The number of ether oxygens (including phenoxy) is 1. The highest BCUT2D eigenvalue weighted by molar-refractivity contribution is 5.99. The molecule has 3 aliphatic heterocycles. The lowest BCUT2D eigenvalue weighted by Gasteiger charge is -2.46. The zero-order valence-electron chi connectivity index (χ0n) is 24.7. The van der Waals surface area contributed by atoms with Crippen LogP contribution in [-0.4, -0.2) is 83.9 Å². The second-order valence-corrected chi connectivity index (χ2v) is 12.0. The molecule has 6 rings (SSSR count). The van der Waals surface area contributed by atoms with Crippen LogP contribution in [0.5, 0.6) is 0 Å².